The van der Waals surface area contributed by atoms with Crippen LogP contribution in [0.5, 0.6) is 0 Å². The van der Waals surface area contributed by atoms with Crippen molar-refractivity contribution in [3.8, 4) is 77.9 Å². The second-order valence-corrected chi connectivity index (χ2v) is 25.8. The van der Waals surface area contributed by atoms with Crippen LogP contribution >= 0.6 is 0 Å². The first-order valence-electron chi connectivity index (χ1n) is 32.9. The van der Waals surface area contributed by atoms with E-state index in [1.165, 1.54) is 155 Å². The Morgan fingerprint density at radius 3 is 1.11 bits per heavy atom. The number of rotatable bonds is 7. The van der Waals surface area contributed by atoms with Crippen molar-refractivity contribution in [2.45, 2.75) is 52.4 Å². The third-order valence-corrected chi connectivity index (χ3v) is 19.3. The Balaban J connectivity index is 0.000000108. The molecule has 0 aromatic heterocycles. The lowest BCUT2D eigenvalue weighted by Gasteiger charge is -2.34. The lowest BCUT2D eigenvalue weighted by molar-refractivity contribution is 0.660. The third kappa shape index (κ3) is 11.9. The van der Waals surface area contributed by atoms with Gasteiger partial charge in [-0.1, -0.05) is 376 Å². The SMILES string of the molecule is Cc1ccc(-c2ccc(-c3ccc4ccccc4c3)cc2)cc1.Cc1ccc(-c2ccc(-c3cccc4ccccc34)cc2)cc1.Cc1ccc(-c2ccc3c(c2)C(C)(C)c2ccccc2-3)cc1.Cc1ccc2c(c1)C(c1ccccc1)(c1ccccc1)c1ccccc1-2. The fourth-order valence-corrected chi connectivity index (χ4v) is 14.2. The minimum absolute atomic E-state index is 0.0760. The molecular weight excluding hydrogens is 1130 g/mol. The highest BCUT2D eigenvalue weighted by Crippen LogP contribution is 2.56. The van der Waals surface area contributed by atoms with E-state index in [9.17, 15) is 0 Å². The summed E-state index contributed by atoms with van der Waals surface area (Å²) in [6.07, 6.45) is 0. The molecule has 0 bridgehead atoms. The molecule has 0 heterocycles. The molecule has 94 heavy (non-hydrogen) atoms. The van der Waals surface area contributed by atoms with Crippen LogP contribution in [0.25, 0.3) is 99.4 Å². The fraction of sp³-hybridized carbons (Fsp3) is 0.0851. The van der Waals surface area contributed by atoms with Crippen LogP contribution in [0.1, 0.15) is 69.5 Å². The Labute approximate surface area is 555 Å². The van der Waals surface area contributed by atoms with Gasteiger partial charge in [-0.05, 0) is 173 Å². The maximum Gasteiger partial charge on any atom is 0.0713 e. The monoisotopic (exact) mass is 1200 g/mol. The van der Waals surface area contributed by atoms with Crippen molar-refractivity contribution in [3.63, 3.8) is 0 Å². The van der Waals surface area contributed by atoms with E-state index in [1.54, 1.807) is 0 Å². The molecule has 0 amide bonds. The molecule has 0 saturated carbocycles. The van der Waals surface area contributed by atoms with Gasteiger partial charge in [0.15, 0.2) is 0 Å². The van der Waals surface area contributed by atoms with E-state index >= 15 is 0 Å². The maximum atomic E-state index is 2.38. The number of fused-ring (bicyclic) bond motifs is 8. The van der Waals surface area contributed by atoms with Crippen LogP contribution in [0.15, 0.2) is 352 Å². The summed E-state index contributed by atoms with van der Waals surface area (Å²) in [5, 5.41) is 5.16. The molecule has 0 nitrogen and oxygen atoms in total. The zero-order valence-corrected chi connectivity index (χ0v) is 54.5. The normalized spacial score (nSPS) is 12.5. The van der Waals surface area contributed by atoms with E-state index in [0.29, 0.717) is 0 Å². The summed E-state index contributed by atoms with van der Waals surface area (Å²) in [5.41, 5.74) is 31.5. The standard InChI is InChI=1S/C26H20.2C23H18.C22H20/c1-19-16-17-23-22-14-8-9-15-24(22)26(25(23)18-19,20-10-4-2-5-11-20)21-12-6-3-7-13-21;1-17-9-11-18(12-10-17)19-13-15-21(16-14-19)23-8-4-6-20-5-2-3-7-22(20)23;1-17-6-8-19(9-7-17)20-10-12-21(13-11-20)23-15-14-18-4-2-3-5-22(18)16-23;1-15-8-10-16(11-9-15)17-12-13-19-18-6-4-5-7-20(18)22(2,3)21(19)14-17/h2-18H,1H3;2*2-16H,1H3;4-14H,1-3H3. The molecule has 15 aromatic rings. The molecule has 2 aliphatic carbocycles. The second-order valence-electron chi connectivity index (χ2n) is 25.8. The van der Waals surface area contributed by atoms with Gasteiger partial charge in [-0.25, -0.2) is 0 Å². The zero-order valence-electron chi connectivity index (χ0n) is 54.5. The maximum absolute atomic E-state index is 2.38. The van der Waals surface area contributed by atoms with Crippen molar-refractivity contribution < 1.29 is 0 Å². The van der Waals surface area contributed by atoms with E-state index in [4.69, 9.17) is 0 Å². The predicted molar refractivity (Wildman–Crippen MR) is 402 cm³/mol. The molecule has 0 fully saturated rings. The van der Waals surface area contributed by atoms with E-state index in [0.717, 1.165) is 0 Å². The second kappa shape index (κ2) is 26.2. The Morgan fingerprint density at radius 1 is 0.191 bits per heavy atom. The number of hydrogen-bond acceptors (Lipinski definition) is 0. The highest BCUT2D eigenvalue weighted by molar-refractivity contribution is 5.97. The number of benzene rings is 15. The average molecular weight is 1210 g/mol. The van der Waals surface area contributed by atoms with Gasteiger partial charge in [-0.2, -0.15) is 0 Å². The van der Waals surface area contributed by atoms with E-state index < -0.39 is 0 Å². The van der Waals surface area contributed by atoms with Crippen molar-refractivity contribution >= 4 is 21.5 Å². The first kappa shape index (κ1) is 60.4. The predicted octanol–water partition coefficient (Wildman–Crippen LogP) is 25.3. The molecule has 0 spiro atoms. The number of aryl methyl sites for hydroxylation is 4. The van der Waals surface area contributed by atoms with E-state index in [1.807, 2.05) is 0 Å². The highest BCUT2D eigenvalue weighted by atomic mass is 14.5. The van der Waals surface area contributed by atoms with E-state index in [2.05, 4.69) is 393 Å². The minimum Gasteiger partial charge on any atom is -0.0622 e. The summed E-state index contributed by atoms with van der Waals surface area (Å²) in [6.45, 7) is 13.2. The van der Waals surface area contributed by atoms with Gasteiger partial charge in [0, 0.05) is 5.41 Å². The van der Waals surface area contributed by atoms with E-state index in [-0.39, 0.29) is 10.8 Å². The minimum atomic E-state index is -0.263. The van der Waals surface area contributed by atoms with Crippen molar-refractivity contribution in [3.05, 3.63) is 407 Å². The molecule has 0 atom stereocenters. The molecule has 452 valence electrons. The molecule has 0 N–H and O–H groups in total. The van der Waals surface area contributed by atoms with Gasteiger partial charge in [0.2, 0.25) is 0 Å². The first-order valence-corrected chi connectivity index (χ1v) is 32.9. The summed E-state index contributed by atoms with van der Waals surface area (Å²) < 4.78 is 0. The van der Waals surface area contributed by atoms with Crippen LogP contribution in [0.3, 0.4) is 0 Å². The van der Waals surface area contributed by atoms with Crippen LogP contribution in [-0.4, -0.2) is 0 Å². The summed E-state index contributed by atoms with van der Waals surface area (Å²) in [5.74, 6) is 0. The fourth-order valence-electron chi connectivity index (χ4n) is 14.2. The summed E-state index contributed by atoms with van der Waals surface area (Å²) in [7, 11) is 0. The van der Waals surface area contributed by atoms with Gasteiger partial charge in [0.1, 0.15) is 0 Å². The van der Waals surface area contributed by atoms with Gasteiger partial charge >= 0.3 is 0 Å². The van der Waals surface area contributed by atoms with Gasteiger partial charge < -0.3 is 0 Å². The van der Waals surface area contributed by atoms with Gasteiger partial charge in [-0.15, -0.1) is 0 Å². The third-order valence-electron chi connectivity index (χ3n) is 19.3. The topological polar surface area (TPSA) is 0 Å². The molecule has 15 aromatic carbocycles. The van der Waals surface area contributed by atoms with Gasteiger partial charge in [0.05, 0.1) is 5.41 Å². The van der Waals surface area contributed by atoms with Crippen molar-refractivity contribution in [2.24, 2.45) is 0 Å². The largest absolute Gasteiger partial charge is 0.0713 e. The summed E-state index contributed by atoms with van der Waals surface area (Å²) in [6, 6.07) is 127. The van der Waals surface area contributed by atoms with Gasteiger partial charge in [-0.3, -0.25) is 0 Å². The van der Waals surface area contributed by atoms with Crippen molar-refractivity contribution in [2.75, 3.05) is 0 Å². The van der Waals surface area contributed by atoms with Crippen LogP contribution < -0.4 is 0 Å². The van der Waals surface area contributed by atoms with Gasteiger partial charge in [0.25, 0.3) is 0 Å². The molecule has 2 aliphatic rings. The Bertz CT molecular complexity index is 5080. The van der Waals surface area contributed by atoms with Crippen molar-refractivity contribution in [1.82, 2.24) is 0 Å². The number of hydrogen-bond donors (Lipinski definition) is 0. The van der Waals surface area contributed by atoms with Crippen LogP contribution in [0.4, 0.5) is 0 Å². The quantitative estimate of drug-likeness (QED) is 0.149. The lowest BCUT2D eigenvalue weighted by atomic mass is 9.67. The molecule has 0 heteroatoms. The molecule has 17 rings (SSSR count). The molecule has 0 radical (unpaired) electrons. The van der Waals surface area contributed by atoms with Crippen molar-refractivity contribution in [1.29, 1.82) is 0 Å². The lowest BCUT2D eigenvalue weighted by Crippen LogP contribution is -2.28. The Morgan fingerprint density at radius 2 is 0.543 bits per heavy atom. The smallest absolute Gasteiger partial charge is 0.0622 e. The first-order chi connectivity index (χ1) is 46.0. The average Bonchev–Trinajstić information content (AvgIpc) is 1.53. The highest BCUT2D eigenvalue weighted by Gasteiger charge is 2.46. The summed E-state index contributed by atoms with van der Waals surface area (Å²) in [4.78, 5) is 0. The Kier molecular flexibility index (Phi) is 16.8. The molecule has 0 aliphatic heterocycles. The Hall–Kier alpha value is -11.2. The molecule has 0 unspecified atom stereocenters. The zero-order chi connectivity index (χ0) is 64.2. The summed E-state index contributed by atoms with van der Waals surface area (Å²) >= 11 is 0. The molecule has 0 saturated heterocycles. The van der Waals surface area contributed by atoms with Crippen LogP contribution in [0.2, 0.25) is 0 Å². The van der Waals surface area contributed by atoms with Crippen LogP contribution in [-0.2, 0) is 10.8 Å². The molecular formula is C94H76. The van der Waals surface area contributed by atoms with Crippen LogP contribution in [0, 0.1) is 27.7 Å².